The van der Waals surface area contributed by atoms with E-state index in [0.717, 1.165) is 6.54 Å². The lowest BCUT2D eigenvalue weighted by Crippen LogP contribution is -2.43. The molecule has 1 aliphatic rings. The fourth-order valence-electron chi connectivity index (χ4n) is 0.662. The number of β-lactam (4-membered cyclic amide) rings is 1. The number of hydroxylamine groups is 2. The molecule has 0 N–H and O–H groups in total. The SMILES string of the molecule is COCCON1CCC1=O. The number of ether oxygens (including phenoxy) is 1. The summed E-state index contributed by atoms with van der Waals surface area (Å²) >= 11 is 0. The molecular weight excluding hydrogens is 134 g/mol. The van der Waals surface area contributed by atoms with Crippen molar-refractivity contribution in [2.24, 2.45) is 0 Å². The topological polar surface area (TPSA) is 38.8 Å². The highest BCUT2D eigenvalue weighted by Crippen LogP contribution is 2.07. The van der Waals surface area contributed by atoms with Crippen molar-refractivity contribution >= 4 is 5.91 Å². The first-order valence-corrected chi connectivity index (χ1v) is 3.27. The second-order valence-electron chi connectivity index (χ2n) is 2.07. The second-order valence-corrected chi connectivity index (χ2v) is 2.07. The van der Waals surface area contributed by atoms with Crippen LogP contribution in [-0.2, 0) is 14.4 Å². The Kier molecular flexibility index (Phi) is 2.65. The van der Waals surface area contributed by atoms with Crippen LogP contribution in [0, 0.1) is 0 Å². The molecule has 1 saturated heterocycles. The van der Waals surface area contributed by atoms with Crippen molar-refractivity contribution in [1.82, 2.24) is 5.06 Å². The normalized spacial score (nSPS) is 17.3. The van der Waals surface area contributed by atoms with E-state index in [0.29, 0.717) is 19.6 Å². The zero-order valence-corrected chi connectivity index (χ0v) is 6.00. The standard InChI is InChI=1S/C6H11NO3/c1-9-4-5-10-7-3-2-6(7)8/h2-5H2,1H3. The van der Waals surface area contributed by atoms with Gasteiger partial charge >= 0.3 is 0 Å². The zero-order valence-electron chi connectivity index (χ0n) is 6.00. The van der Waals surface area contributed by atoms with Crippen molar-refractivity contribution in [2.45, 2.75) is 6.42 Å². The molecule has 0 radical (unpaired) electrons. The third kappa shape index (κ3) is 1.68. The Hall–Kier alpha value is -0.610. The van der Waals surface area contributed by atoms with Gasteiger partial charge in [0, 0.05) is 13.5 Å². The Bertz CT molecular complexity index is 126. The molecule has 0 aromatic rings. The van der Waals surface area contributed by atoms with E-state index in [1.165, 1.54) is 5.06 Å². The highest BCUT2D eigenvalue weighted by molar-refractivity contribution is 5.80. The van der Waals surface area contributed by atoms with Crippen LogP contribution >= 0.6 is 0 Å². The molecule has 4 heteroatoms. The van der Waals surface area contributed by atoms with E-state index in [9.17, 15) is 4.79 Å². The van der Waals surface area contributed by atoms with Crippen molar-refractivity contribution < 1.29 is 14.4 Å². The smallest absolute Gasteiger partial charge is 0.248 e. The molecule has 1 heterocycles. The first-order valence-electron chi connectivity index (χ1n) is 3.27. The predicted octanol–water partition coefficient (Wildman–Crippen LogP) is -0.203. The molecular formula is C6H11NO3. The van der Waals surface area contributed by atoms with Crippen molar-refractivity contribution in [2.75, 3.05) is 26.9 Å². The first-order chi connectivity index (χ1) is 4.84. The lowest BCUT2D eigenvalue weighted by molar-refractivity contribution is -0.210. The van der Waals surface area contributed by atoms with Crippen molar-refractivity contribution in [3.63, 3.8) is 0 Å². The fraction of sp³-hybridized carbons (Fsp3) is 0.833. The number of methoxy groups -OCH3 is 1. The van der Waals surface area contributed by atoms with Gasteiger partial charge < -0.3 is 4.74 Å². The molecule has 0 spiro atoms. The molecule has 58 valence electrons. The summed E-state index contributed by atoms with van der Waals surface area (Å²) in [6.45, 7) is 1.72. The van der Waals surface area contributed by atoms with Crippen LogP contribution in [0.15, 0.2) is 0 Å². The van der Waals surface area contributed by atoms with Gasteiger partial charge in [-0.1, -0.05) is 0 Å². The fourth-order valence-corrected chi connectivity index (χ4v) is 0.662. The minimum Gasteiger partial charge on any atom is -0.382 e. The van der Waals surface area contributed by atoms with Crippen LogP contribution in [0.3, 0.4) is 0 Å². The number of rotatable bonds is 4. The first kappa shape index (κ1) is 7.50. The number of nitrogens with zero attached hydrogens (tertiary/aromatic N) is 1. The highest BCUT2D eigenvalue weighted by atomic mass is 16.7. The largest absolute Gasteiger partial charge is 0.382 e. The summed E-state index contributed by atoms with van der Waals surface area (Å²) in [6, 6.07) is 0. The maximum atomic E-state index is 10.6. The molecule has 1 fully saturated rings. The summed E-state index contributed by atoms with van der Waals surface area (Å²) in [5.41, 5.74) is 0. The molecule has 10 heavy (non-hydrogen) atoms. The molecule has 0 saturated carbocycles. The van der Waals surface area contributed by atoms with E-state index >= 15 is 0 Å². The zero-order chi connectivity index (χ0) is 7.40. The van der Waals surface area contributed by atoms with Crippen molar-refractivity contribution in [3.05, 3.63) is 0 Å². The van der Waals surface area contributed by atoms with E-state index < -0.39 is 0 Å². The Morgan fingerprint density at radius 1 is 1.60 bits per heavy atom. The van der Waals surface area contributed by atoms with Gasteiger partial charge in [0.15, 0.2) is 0 Å². The van der Waals surface area contributed by atoms with Crippen LogP contribution in [0.25, 0.3) is 0 Å². The minimum absolute atomic E-state index is 0.0658. The van der Waals surface area contributed by atoms with Gasteiger partial charge in [-0.05, 0) is 0 Å². The van der Waals surface area contributed by atoms with E-state index in [1.54, 1.807) is 7.11 Å². The van der Waals surface area contributed by atoms with Crippen molar-refractivity contribution in [1.29, 1.82) is 0 Å². The molecule has 0 bridgehead atoms. The van der Waals surface area contributed by atoms with Gasteiger partial charge in [-0.3, -0.25) is 9.63 Å². The number of hydrogen-bond acceptors (Lipinski definition) is 3. The van der Waals surface area contributed by atoms with Gasteiger partial charge in [-0.15, -0.1) is 0 Å². The van der Waals surface area contributed by atoms with Crippen LogP contribution < -0.4 is 0 Å². The van der Waals surface area contributed by atoms with Crippen molar-refractivity contribution in [3.8, 4) is 0 Å². The van der Waals surface area contributed by atoms with E-state index in [4.69, 9.17) is 9.57 Å². The summed E-state index contributed by atoms with van der Waals surface area (Å²) in [6.07, 6.45) is 0.618. The lowest BCUT2D eigenvalue weighted by Gasteiger charge is -2.28. The highest BCUT2D eigenvalue weighted by Gasteiger charge is 2.24. The number of carbonyl (C=O) groups excluding carboxylic acids is 1. The molecule has 1 amide bonds. The lowest BCUT2D eigenvalue weighted by atomic mass is 10.3. The quantitative estimate of drug-likeness (QED) is 0.406. The summed E-state index contributed by atoms with van der Waals surface area (Å²) in [7, 11) is 1.60. The van der Waals surface area contributed by atoms with Gasteiger partial charge in [0.25, 0.3) is 0 Å². The monoisotopic (exact) mass is 145 g/mol. The van der Waals surface area contributed by atoms with Gasteiger partial charge in [0.1, 0.15) is 0 Å². The summed E-state index contributed by atoms with van der Waals surface area (Å²) in [4.78, 5) is 15.6. The van der Waals surface area contributed by atoms with Crippen LogP contribution in [0.2, 0.25) is 0 Å². The molecule has 0 atom stereocenters. The molecule has 0 aromatic heterocycles. The predicted molar refractivity (Wildman–Crippen MR) is 34.2 cm³/mol. The van der Waals surface area contributed by atoms with Gasteiger partial charge in [-0.25, -0.2) is 5.06 Å². The van der Waals surface area contributed by atoms with Gasteiger partial charge in [0.05, 0.1) is 19.8 Å². The van der Waals surface area contributed by atoms with Crippen LogP contribution in [0.5, 0.6) is 0 Å². The summed E-state index contributed by atoms with van der Waals surface area (Å²) < 4.78 is 4.73. The molecule has 1 rings (SSSR count). The van der Waals surface area contributed by atoms with Gasteiger partial charge in [0.2, 0.25) is 5.91 Å². The average Bonchev–Trinajstić information content (AvgIpc) is 1.95. The Balaban J connectivity index is 1.98. The summed E-state index contributed by atoms with van der Waals surface area (Å²) in [5, 5.41) is 1.36. The third-order valence-corrected chi connectivity index (χ3v) is 1.34. The number of amides is 1. The third-order valence-electron chi connectivity index (χ3n) is 1.34. The maximum absolute atomic E-state index is 10.6. The minimum atomic E-state index is 0.0658. The molecule has 0 aliphatic carbocycles. The Labute approximate surface area is 59.7 Å². The summed E-state index contributed by atoms with van der Waals surface area (Å²) in [5.74, 6) is 0.0658. The van der Waals surface area contributed by atoms with E-state index in [1.807, 2.05) is 0 Å². The maximum Gasteiger partial charge on any atom is 0.248 e. The molecule has 0 unspecified atom stereocenters. The number of carbonyl (C=O) groups is 1. The van der Waals surface area contributed by atoms with Crippen LogP contribution in [0.1, 0.15) is 6.42 Å². The average molecular weight is 145 g/mol. The molecule has 4 nitrogen and oxygen atoms in total. The Morgan fingerprint density at radius 3 is 2.80 bits per heavy atom. The molecule has 0 aromatic carbocycles. The van der Waals surface area contributed by atoms with Gasteiger partial charge in [-0.2, -0.15) is 0 Å². The van der Waals surface area contributed by atoms with E-state index in [-0.39, 0.29) is 5.91 Å². The van der Waals surface area contributed by atoms with Crippen LogP contribution in [0.4, 0.5) is 0 Å². The molecule has 1 aliphatic heterocycles. The number of hydrogen-bond donors (Lipinski definition) is 0. The van der Waals surface area contributed by atoms with Crippen LogP contribution in [-0.4, -0.2) is 37.8 Å². The van der Waals surface area contributed by atoms with E-state index in [2.05, 4.69) is 0 Å². The second kappa shape index (κ2) is 3.53. The Morgan fingerprint density at radius 2 is 2.40 bits per heavy atom.